The third kappa shape index (κ3) is 3.37. The van der Waals surface area contributed by atoms with Crippen LogP contribution >= 0.6 is 0 Å². The minimum Gasteiger partial charge on any atom is -0.447 e. The van der Waals surface area contributed by atoms with Crippen LogP contribution in [0.3, 0.4) is 0 Å². The number of hydrogen-bond donors (Lipinski definition) is 0. The maximum atomic E-state index is 13.3. The zero-order chi connectivity index (χ0) is 18.3. The topological polar surface area (TPSA) is 49.9 Å². The number of ether oxygens (including phenoxy) is 1. The predicted octanol–water partition coefficient (Wildman–Crippen LogP) is 3.15. The van der Waals surface area contributed by atoms with Crippen molar-refractivity contribution in [1.82, 2.24) is 9.80 Å². The van der Waals surface area contributed by atoms with Crippen LogP contribution in [0.15, 0.2) is 30.3 Å². The summed E-state index contributed by atoms with van der Waals surface area (Å²) in [7, 11) is 0. The van der Waals surface area contributed by atoms with Gasteiger partial charge in [0.25, 0.3) is 0 Å². The van der Waals surface area contributed by atoms with Crippen LogP contribution in [-0.2, 0) is 16.1 Å². The van der Waals surface area contributed by atoms with E-state index in [4.69, 9.17) is 4.74 Å². The molecule has 3 atom stereocenters. The average molecular weight is 356 g/mol. The van der Waals surface area contributed by atoms with Gasteiger partial charge in [0.1, 0.15) is 6.61 Å². The van der Waals surface area contributed by atoms with Crippen LogP contribution < -0.4 is 0 Å². The van der Waals surface area contributed by atoms with E-state index in [-0.39, 0.29) is 23.8 Å². The Morgan fingerprint density at radius 1 is 1.19 bits per heavy atom. The van der Waals surface area contributed by atoms with Crippen molar-refractivity contribution in [3.05, 3.63) is 35.9 Å². The number of hydrogen-bond acceptors (Lipinski definition) is 4. The SMILES string of the molecule is CC(C)[C@@H]1COC(=O)N1C(=O)[C@@H]1CN(Cc2ccccc2)C[C@@H]1C1CC1. The lowest BCUT2D eigenvalue weighted by Gasteiger charge is -2.27. The minimum absolute atomic E-state index is 0.0151. The molecular formula is C21H28N2O3. The maximum Gasteiger partial charge on any atom is 0.416 e. The van der Waals surface area contributed by atoms with Gasteiger partial charge in [0.05, 0.1) is 12.0 Å². The van der Waals surface area contributed by atoms with Crippen molar-refractivity contribution in [2.75, 3.05) is 19.7 Å². The molecule has 0 radical (unpaired) electrons. The first-order valence-electron chi connectivity index (χ1n) is 9.80. The molecule has 0 N–H and O–H groups in total. The number of amides is 2. The van der Waals surface area contributed by atoms with Gasteiger partial charge in [-0.1, -0.05) is 44.2 Å². The molecule has 4 rings (SSSR count). The zero-order valence-corrected chi connectivity index (χ0v) is 15.6. The first-order valence-corrected chi connectivity index (χ1v) is 9.80. The molecule has 1 aromatic carbocycles. The van der Waals surface area contributed by atoms with Crippen molar-refractivity contribution in [3.63, 3.8) is 0 Å². The molecule has 5 nitrogen and oxygen atoms in total. The van der Waals surface area contributed by atoms with Gasteiger partial charge in [0, 0.05) is 19.6 Å². The molecule has 2 heterocycles. The van der Waals surface area contributed by atoms with Crippen molar-refractivity contribution in [2.45, 2.75) is 39.3 Å². The van der Waals surface area contributed by atoms with Crippen LogP contribution in [-0.4, -0.2) is 47.5 Å². The highest BCUT2D eigenvalue weighted by molar-refractivity contribution is 5.95. The average Bonchev–Trinajstić information content (AvgIpc) is 3.27. The van der Waals surface area contributed by atoms with E-state index in [1.54, 1.807) is 0 Å². The van der Waals surface area contributed by atoms with Crippen molar-refractivity contribution < 1.29 is 14.3 Å². The lowest BCUT2D eigenvalue weighted by Crippen LogP contribution is -2.46. The fourth-order valence-electron chi connectivity index (χ4n) is 4.51. The number of likely N-dealkylation sites (tertiary alicyclic amines) is 1. The van der Waals surface area contributed by atoms with Crippen molar-refractivity contribution >= 4 is 12.0 Å². The lowest BCUT2D eigenvalue weighted by atomic mass is 9.89. The van der Waals surface area contributed by atoms with Gasteiger partial charge in [0.15, 0.2) is 0 Å². The Morgan fingerprint density at radius 2 is 1.92 bits per heavy atom. The molecule has 3 aliphatic rings. The van der Waals surface area contributed by atoms with E-state index >= 15 is 0 Å². The summed E-state index contributed by atoms with van der Waals surface area (Å²) in [5.41, 5.74) is 1.27. The van der Waals surface area contributed by atoms with Crippen LogP contribution in [0.1, 0.15) is 32.3 Å². The molecule has 26 heavy (non-hydrogen) atoms. The van der Waals surface area contributed by atoms with Gasteiger partial charge >= 0.3 is 6.09 Å². The number of benzene rings is 1. The summed E-state index contributed by atoms with van der Waals surface area (Å²) in [4.78, 5) is 29.3. The highest BCUT2D eigenvalue weighted by Crippen LogP contribution is 2.45. The van der Waals surface area contributed by atoms with Crippen molar-refractivity contribution in [1.29, 1.82) is 0 Å². The second-order valence-corrected chi connectivity index (χ2v) is 8.38. The summed E-state index contributed by atoms with van der Waals surface area (Å²) in [6, 6.07) is 10.3. The largest absolute Gasteiger partial charge is 0.447 e. The molecule has 2 amide bonds. The molecule has 0 unspecified atom stereocenters. The van der Waals surface area contributed by atoms with E-state index in [2.05, 4.69) is 29.2 Å². The Bertz CT molecular complexity index is 671. The smallest absolute Gasteiger partial charge is 0.416 e. The molecule has 1 saturated carbocycles. The normalized spacial score (nSPS) is 29.4. The standard InChI is InChI=1S/C21H28N2O3/c1-14(2)19-13-26-21(25)23(19)20(24)18-12-22(11-17(18)16-8-9-16)10-15-6-4-3-5-7-15/h3-7,14,16-19H,8-13H2,1-2H3/t17-,18-,19+/m1/s1. The predicted molar refractivity (Wildman–Crippen MR) is 98.2 cm³/mol. The highest BCUT2D eigenvalue weighted by Gasteiger charge is 2.50. The molecule has 1 aliphatic carbocycles. The molecule has 0 spiro atoms. The van der Waals surface area contributed by atoms with Crippen molar-refractivity contribution in [2.24, 2.45) is 23.7 Å². The van der Waals surface area contributed by atoms with E-state index in [1.165, 1.54) is 23.3 Å². The monoisotopic (exact) mass is 356 g/mol. The Hall–Kier alpha value is -1.88. The number of cyclic esters (lactones) is 1. The van der Waals surface area contributed by atoms with E-state index in [0.29, 0.717) is 18.4 Å². The first kappa shape index (κ1) is 17.5. The quantitative estimate of drug-likeness (QED) is 0.813. The molecule has 0 bridgehead atoms. The van der Waals surface area contributed by atoms with Crippen LogP contribution in [0.2, 0.25) is 0 Å². The highest BCUT2D eigenvalue weighted by atomic mass is 16.6. The number of carbonyl (C=O) groups excluding carboxylic acids is 2. The van der Waals surface area contributed by atoms with Gasteiger partial charge < -0.3 is 4.74 Å². The third-order valence-corrected chi connectivity index (χ3v) is 6.15. The van der Waals surface area contributed by atoms with Crippen LogP contribution in [0, 0.1) is 23.7 Å². The van der Waals surface area contributed by atoms with Gasteiger partial charge in [-0.3, -0.25) is 9.69 Å². The Labute approximate surface area is 155 Å². The van der Waals surface area contributed by atoms with Crippen LogP contribution in [0.4, 0.5) is 4.79 Å². The second kappa shape index (κ2) is 7.03. The van der Waals surface area contributed by atoms with Gasteiger partial charge in [-0.15, -0.1) is 0 Å². The molecule has 5 heteroatoms. The Morgan fingerprint density at radius 3 is 2.58 bits per heavy atom. The van der Waals surface area contributed by atoms with Crippen molar-refractivity contribution in [3.8, 4) is 0 Å². The molecule has 2 aliphatic heterocycles. The number of imide groups is 1. The van der Waals surface area contributed by atoms with Crippen LogP contribution in [0.25, 0.3) is 0 Å². The van der Waals surface area contributed by atoms with Gasteiger partial charge in [0.2, 0.25) is 5.91 Å². The molecular weight excluding hydrogens is 328 g/mol. The fraction of sp³-hybridized carbons (Fsp3) is 0.619. The molecule has 3 fully saturated rings. The summed E-state index contributed by atoms with van der Waals surface area (Å²) in [5, 5.41) is 0. The molecule has 1 aromatic rings. The molecule has 140 valence electrons. The molecule has 2 saturated heterocycles. The summed E-state index contributed by atoms with van der Waals surface area (Å²) in [6.45, 7) is 6.97. The second-order valence-electron chi connectivity index (χ2n) is 8.38. The summed E-state index contributed by atoms with van der Waals surface area (Å²) in [6.07, 6.45) is 1.97. The fourth-order valence-corrected chi connectivity index (χ4v) is 4.51. The van der Waals surface area contributed by atoms with E-state index in [0.717, 1.165) is 19.6 Å². The first-order chi connectivity index (χ1) is 12.5. The number of nitrogens with zero attached hydrogens (tertiary/aromatic N) is 2. The summed E-state index contributed by atoms with van der Waals surface area (Å²) in [5.74, 6) is 1.12. The third-order valence-electron chi connectivity index (χ3n) is 6.15. The van der Waals surface area contributed by atoms with Crippen LogP contribution in [0.5, 0.6) is 0 Å². The minimum atomic E-state index is -0.454. The van der Waals surface area contributed by atoms with E-state index < -0.39 is 6.09 Å². The van der Waals surface area contributed by atoms with E-state index in [1.807, 2.05) is 19.9 Å². The van der Waals surface area contributed by atoms with Gasteiger partial charge in [-0.05, 0) is 36.2 Å². The Kier molecular flexibility index (Phi) is 4.74. The zero-order valence-electron chi connectivity index (χ0n) is 15.6. The number of carbonyl (C=O) groups is 2. The van der Waals surface area contributed by atoms with Gasteiger partial charge in [-0.2, -0.15) is 0 Å². The Balaban J connectivity index is 1.50. The lowest BCUT2D eigenvalue weighted by molar-refractivity contribution is -0.135. The maximum absolute atomic E-state index is 13.3. The van der Waals surface area contributed by atoms with Gasteiger partial charge in [-0.25, -0.2) is 9.69 Å². The number of rotatable bonds is 5. The summed E-state index contributed by atoms with van der Waals surface area (Å²) < 4.78 is 5.21. The summed E-state index contributed by atoms with van der Waals surface area (Å²) >= 11 is 0. The van der Waals surface area contributed by atoms with E-state index in [9.17, 15) is 9.59 Å². The molecule has 0 aromatic heterocycles.